The van der Waals surface area contributed by atoms with E-state index in [1.54, 1.807) is 6.66 Å². The lowest BCUT2D eigenvalue weighted by Gasteiger charge is -2.06. The summed E-state index contributed by atoms with van der Waals surface area (Å²) in [6, 6.07) is 0. The third-order valence-electron chi connectivity index (χ3n) is 1.48. The van der Waals surface area contributed by atoms with E-state index in [-0.39, 0.29) is 6.54 Å². The van der Waals surface area contributed by atoms with Crippen molar-refractivity contribution in [3.63, 3.8) is 0 Å². The van der Waals surface area contributed by atoms with E-state index in [4.69, 9.17) is 10.8 Å². The molecule has 0 aliphatic carbocycles. The van der Waals surface area contributed by atoms with Crippen molar-refractivity contribution >= 4 is 13.8 Å². The highest BCUT2D eigenvalue weighted by atomic mass is 31.1. The fraction of sp³-hybridized carbons (Fsp3) is 0.833. The first kappa shape index (κ1) is 10.7. The summed E-state index contributed by atoms with van der Waals surface area (Å²) in [6.07, 6.45) is 0.916. The van der Waals surface area contributed by atoms with Crippen LogP contribution in [0.15, 0.2) is 0 Å². The molecule has 4 nitrogen and oxygen atoms in total. The molecule has 0 saturated carbocycles. The van der Waals surface area contributed by atoms with Gasteiger partial charge in [0.25, 0.3) is 0 Å². The number of hydrogen-bond acceptors (Lipinski definition) is 3. The minimum absolute atomic E-state index is 0.129. The van der Waals surface area contributed by atoms with Crippen LogP contribution in [0.1, 0.15) is 6.42 Å². The van der Waals surface area contributed by atoms with Crippen LogP contribution in [0.25, 0.3) is 0 Å². The van der Waals surface area contributed by atoms with Gasteiger partial charge in [0, 0.05) is 6.54 Å². The van der Waals surface area contributed by atoms with Crippen molar-refractivity contribution in [1.82, 2.24) is 0 Å². The maximum Gasteiger partial charge on any atom is 0.307 e. The van der Waals surface area contributed by atoms with Crippen molar-refractivity contribution in [2.75, 3.05) is 19.4 Å². The normalized spacial score (nSPS) is 15.8. The molecule has 0 saturated heterocycles. The molecule has 0 heterocycles. The number of carboxylic acids is 1. The summed E-state index contributed by atoms with van der Waals surface area (Å²) in [7, 11) is -1.54. The number of hydrogen-bond donors (Lipinski definition) is 2. The van der Waals surface area contributed by atoms with Gasteiger partial charge in [0.1, 0.15) is 0 Å². The van der Waals surface area contributed by atoms with Crippen molar-refractivity contribution in [3.05, 3.63) is 0 Å². The average molecular weight is 179 g/mol. The zero-order valence-electron chi connectivity index (χ0n) is 6.54. The lowest BCUT2D eigenvalue weighted by atomic mass is 10.1. The Morgan fingerprint density at radius 2 is 2.27 bits per heavy atom. The second kappa shape index (κ2) is 5.33. The molecule has 0 aromatic carbocycles. The van der Waals surface area contributed by atoms with Gasteiger partial charge in [-0.15, -0.1) is 0 Å². The fourth-order valence-corrected chi connectivity index (χ4v) is 1.47. The molecule has 0 rings (SSSR count). The van der Waals surface area contributed by atoms with E-state index in [1.807, 2.05) is 0 Å². The predicted octanol–water partition coefficient (Wildman–Crippen LogP) is 0.225. The largest absolute Gasteiger partial charge is 0.481 e. The molecule has 3 N–H and O–H groups in total. The van der Waals surface area contributed by atoms with E-state index in [1.165, 1.54) is 0 Å². The summed E-state index contributed by atoms with van der Waals surface area (Å²) in [5, 5.41) is 8.52. The summed E-state index contributed by atoms with van der Waals surface area (Å²) >= 11 is 0. The number of carbonyl (C=O) groups is 1. The Labute approximate surface area is 66.6 Å². The van der Waals surface area contributed by atoms with Crippen LogP contribution in [0.3, 0.4) is 0 Å². The molecule has 0 radical (unpaired) electrons. The Hall–Kier alpha value is -0.340. The predicted molar refractivity (Wildman–Crippen MR) is 44.6 cm³/mol. The minimum Gasteiger partial charge on any atom is -0.481 e. The van der Waals surface area contributed by atoms with Gasteiger partial charge in [-0.25, -0.2) is 0 Å². The van der Waals surface area contributed by atoms with Gasteiger partial charge in [-0.1, -0.05) is 0 Å². The second-order valence-electron chi connectivity index (χ2n) is 2.51. The lowest BCUT2D eigenvalue weighted by molar-refractivity contribution is -0.141. The summed E-state index contributed by atoms with van der Waals surface area (Å²) in [4.78, 5) is 10.4. The Morgan fingerprint density at radius 3 is 2.55 bits per heavy atom. The average Bonchev–Trinajstić information content (AvgIpc) is 1.87. The molecule has 0 aliphatic heterocycles. The van der Waals surface area contributed by atoms with Crippen LogP contribution in [-0.2, 0) is 9.36 Å². The van der Waals surface area contributed by atoms with E-state index in [9.17, 15) is 9.36 Å². The first-order chi connectivity index (χ1) is 5.07. The summed E-state index contributed by atoms with van der Waals surface area (Å²) in [5.74, 6) is -1.42. The van der Waals surface area contributed by atoms with Gasteiger partial charge >= 0.3 is 5.97 Å². The Balaban J connectivity index is 3.70. The smallest absolute Gasteiger partial charge is 0.307 e. The molecule has 2 atom stereocenters. The van der Waals surface area contributed by atoms with E-state index < -0.39 is 19.7 Å². The summed E-state index contributed by atoms with van der Waals surface area (Å²) in [5.41, 5.74) is 5.19. The molecule has 0 fully saturated rings. The van der Waals surface area contributed by atoms with Gasteiger partial charge in [-0.2, -0.15) is 0 Å². The van der Waals surface area contributed by atoms with Crippen molar-refractivity contribution in [2.45, 2.75) is 6.42 Å². The molecule has 11 heavy (non-hydrogen) atoms. The molecule has 66 valence electrons. The van der Waals surface area contributed by atoms with Gasteiger partial charge in [0.2, 0.25) is 0 Å². The van der Waals surface area contributed by atoms with E-state index in [2.05, 4.69) is 0 Å². The van der Waals surface area contributed by atoms with Gasteiger partial charge in [-0.3, -0.25) is 4.79 Å². The zero-order chi connectivity index (χ0) is 8.85. The SMILES string of the molecule is C[PH](=O)CC[C@H](CN)C(=O)O. The van der Waals surface area contributed by atoms with Gasteiger partial charge < -0.3 is 15.4 Å². The van der Waals surface area contributed by atoms with E-state index in [0.717, 1.165) is 0 Å². The summed E-state index contributed by atoms with van der Waals surface area (Å²) in [6.45, 7) is 1.75. The van der Waals surface area contributed by atoms with Crippen LogP contribution in [0.2, 0.25) is 0 Å². The van der Waals surface area contributed by atoms with Gasteiger partial charge in [-0.05, 0) is 19.2 Å². The maximum atomic E-state index is 10.6. The topological polar surface area (TPSA) is 80.4 Å². The quantitative estimate of drug-likeness (QED) is 0.592. The molecular weight excluding hydrogens is 165 g/mol. The van der Waals surface area contributed by atoms with Crippen LogP contribution in [0, 0.1) is 5.92 Å². The van der Waals surface area contributed by atoms with Crippen LogP contribution in [0.4, 0.5) is 0 Å². The highest BCUT2D eigenvalue weighted by Gasteiger charge is 2.14. The Bertz CT molecular complexity index is 160. The minimum atomic E-state index is -1.54. The van der Waals surface area contributed by atoms with Crippen molar-refractivity contribution in [3.8, 4) is 0 Å². The second-order valence-corrected chi connectivity index (χ2v) is 4.42. The van der Waals surface area contributed by atoms with E-state index >= 15 is 0 Å². The third-order valence-corrected chi connectivity index (χ3v) is 2.47. The van der Waals surface area contributed by atoms with Crippen LogP contribution in [0.5, 0.6) is 0 Å². The van der Waals surface area contributed by atoms with Gasteiger partial charge in [0.05, 0.1) is 13.7 Å². The zero-order valence-corrected chi connectivity index (χ0v) is 7.54. The summed E-state index contributed by atoms with van der Waals surface area (Å²) < 4.78 is 10.6. The molecule has 0 aromatic rings. The first-order valence-electron chi connectivity index (χ1n) is 3.50. The Morgan fingerprint density at radius 1 is 1.73 bits per heavy atom. The molecule has 0 bridgehead atoms. The van der Waals surface area contributed by atoms with Crippen molar-refractivity contribution in [1.29, 1.82) is 0 Å². The molecule has 5 heteroatoms. The highest BCUT2D eigenvalue weighted by Crippen LogP contribution is 2.17. The van der Waals surface area contributed by atoms with Crippen LogP contribution >= 0.6 is 7.80 Å². The number of carboxylic acid groups (broad SMARTS) is 1. The molecule has 0 aliphatic rings. The molecule has 1 unspecified atom stereocenters. The molecule has 0 aromatic heterocycles. The van der Waals surface area contributed by atoms with Crippen LogP contribution in [-0.4, -0.2) is 30.4 Å². The number of nitrogens with two attached hydrogens (primary N) is 1. The number of rotatable bonds is 5. The molecule has 0 amide bonds. The van der Waals surface area contributed by atoms with Crippen LogP contribution < -0.4 is 5.73 Å². The monoisotopic (exact) mass is 179 g/mol. The highest BCUT2D eigenvalue weighted by molar-refractivity contribution is 7.43. The third kappa shape index (κ3) is 4.99. The van der Waals surface area contributed by atoms with Crippen molar-refractivity contribution in [2.24, 2.45) is 11.7 Å². The molecule has 0 spiro atoms. The first-order valence-corrected chi connectivity index (χ1v) is 5.61. The van der Waals surface area contributed by atoms with Gasteiger partial charge in [0.15, 0.2) is 0 Å². The standard InChI is InChI=1S/C6H14NO3P/c1-11(10)3-2-5(4-7)6(8)9/h5,11H,2-4,7H2,1H3,(H,8,9)/t5-/m1/s1. The maximum absolute atomic E-state index is 10.6. The molecular formula is C6H14NO3P. The fourth-order valence-electron chi connectivity index (χ4n) is 0.720. The lowest BCUT2D eigenvalue weighted by Crippen LogP contribution is -2.23. The van der Waals surface area contributed by atoms with E-state index in [0.29, 0.717) is 12.6 Å². The van der Waals surface area contributed by atoms with Crippen molar-refractivity contribution < 1.29 is 14.5 Å². The Kier molecular flexibility index (Phi) is 5.16. The number of aliphatic carboxylic acids is 1.